The lowest BCUT2D eigenvalue weighted by Crippen LogP contribution is -2.58. The molecule has 6 nitrogen and oxygen atoms in total. The van der Waals surface area contributed by atoms with Crippen molar-refractivity contribution < 1.29 is 14.3 Å². The molecule has 0 saturated carbocycles. The molecule has 0 aromatic heterocycles. The summed E-state index contributed by atoms with van der Waals surface area (Å²) in [6.07, 6.45) is 6.63. The Morgan fingerprint density at radius 2 is 2.24 bits per heavy atom. The van der Waals surface area contributed by atoms with Crippen molar-refractivity contribution in [2.24, 2.45) is 5.41 Å². The third-order valence-electron chi connectivity index (χ3n) is 7.48. The molecule has 29 heavy (non-hydrogen) atoms. The summed E-state index contributed by atoms with van der Waals surface area (Å²) in [6, 6.07) is 8.53. The Balaban J connectivity index is 1.84. The van der Waals surface area contributed by atoms with Crippen molar-refractivity contribution >= 4 is 11.7 Å². The van der Waals surface area contributed by atoms with Crippen LogP contribution in [0.15, 0.2) is 41.6 Å². The number of esters is 1. The van der Waals surface area contributed by atoms with Crippen LogP contribution in [-0.2, 0) is 14.9 Å². The molecule has 1 aliphatic carbocycles. The van der Waals surface area contributed by atoms with Gasteiger partial charge in [-0.2, -0.15) is 5.26 Å². The number of nitrogens with one attached hydrogen (secondary N) is 1. The van der Waals surface area contributed by atoms with E-state index in [2.05, 4.69) is 41.4 Å². The minimum atomic E-state index is -0.426. The topological polar surface area (TPSA) is 74.6 Å². The van der Waals surface area contributed by atoms with Gasteiger partial charge in [0.2, 0.25) is 0 Å². The Kier molecular flexibility index (Phi) is 3.85. The number of hydrogen-bond donors (Lipinski definition) is 1. The summed E-state index contributed by atoms with van der Waals surface area (Å²) in [6.45, 7) is 2.94. The van der Waals surface area contributed by atoms with Crippen molar-refractivity contribution in [1.29, 1.82) is 5.26 Å². The van der Waals surface area contributed by atoms with E-state index in [1.54, 1.807) is 7.11 Å². The Morgan fingerprint density at radius 1 is 1.41 bits per heavy atom. The van der Waals surface area contributed by atoms with Gasteiger partial charge in [0, 0.05) is 35.5 Å². The largest absolute Gasteiger partial charge is 0.497 e. The summed E-state index contributed by atoms with van der Waals surface area (Å²) in [5.41, 5.74) is 3.09. The van der Waals surface area contributed by atoms with E-state index in [9.17, 15) is 10.1 Å². The van der Waals surface area contributed by atoms with Gasteiger partial charge < -0.3 is 14.8 Å². The van der Waals surface area contributed by atoms with Crippen LogP contribution >= 0.6 is 0 Å². The molecule has 1 aromatic carbocycles. The lowest BCUT2D eigenvalue weighted by molar-refractivity contribution is -0.137. The molecule has 150 valence electrons. The smallest absolute Gasteiger partial charge is 0.335 e. The summed E-state index contributed by atoms with van der Waals surface area (Å²) in [5.74, 6) is 0.479. The summed E-state index contributed by atoms with van der Waals surface area (Å²) in [5, 5.41) is 13.5. The average molecular weight is 391 g/mol. The fourth-order valence-electron chi connectivity index (χ4n) is 6.34. The molecule has 1 fully saturated rings. The first kappa shape index (κ1) is 18.3. The molecule has 3 aliphatic heterocycles. The van der Waals surface area contributed by atoms with Gasteiger partial charge in [-0.1, -0.05) is 25.1 Å². The number of carbonyl (C=O) groups excluding carboxylic acids is 1. The lowest BCUT2D eigenvalue weighted by atomic mass is 9.55. The van der Waals surface area contributed by atoms with Crippen molar-refractivity contribution in [3.63, 3.8) is 0 Å². The number of methoxy groups -OCH3 is 2. The van der Waals surface area contributed by atoms with E-state index < -0.39 is 5.41 Å². The standard InChI is InChI=1S/C23H25N3O3/c1-4-22-8-5-9-26-14(13-24)11-23(21(22)26)17-7-6-15(28-2)10-18(17)25-19(23)16(12-22)20(27)29-3/h5-8,10,14,21,25H,4,9,11-12H2,1-3H3/t14-,21+,22+,23+/m1/s1. The van der Waals surface area contributed by atoms with Gasteiger partial charge in [0.25, 0.3) is 0 Å². The molecule has 1 saturated heterocycles. The van der Waals surface area contributed by atoms with Crippen LogP contribution in [-0.4, -0.2) is 43.7 Å². The van der Waals surface area contributed by atoms with Gasteiger partial charge in [-0.25, -0.2) is 4.79 Å². The highest BCUT2D eigenvalue weighted by molar-refractivity contribution is 5.93. The number of nitrogens with zero attached hydrogens (tertiary/aromatic N) is 2. The highest BCUT2D eigenvalue weighted by Gasteiger charge is 2.67. The summed E-state index contributed by atoms with van der Waals surface area (Å²) >= 11 is 0. The second kappa shape index (κ2) is 6.11. The number of rotatable bonds is 3. The molecule has 0 bridgehead atoms. The minimum Gasteiger partial charge on any atom is -0.497 e. The zero-order valence-electron chi connectivity index (χ0n) is 17.0. The van der Waals surface area contributed by atoms with Gasteiger partial charge in [-0.15, -0.1) is 0 Å². The van der Waals surface area contributed by atoms with Crippen LogP contribution in [0.1, 0.15) is 31.7 Å². The number of benzene rings is 1. The molecule has 6 heteroatoms. The number of fused-ring (bicyclic) bond motifs is 1. The molecule has 4 atom stereocenters. The zero-order valence-corrected chi connectivity index (χ0v) is 17.0. The molecule has 3 heterocycles. The Hall–Kier alpha value is -2.78. The van der Waals surface area contributed by atoms with Gasteiger partial charge in [0.1, 0.15) is 5.75 Å². The predicted octanol–water partition coefficient (Wildman–Crippen LogP) is 3.12. The van der Waals surface area contributed by atoms with Crippen LogP contribution in [0.3, 0.4) is 0 Å². The van der Waals surface area contributed by atoms with Gasteiger partial charge >= 0.3 is 5.97 Å². The molecule has 1 N–H and O–H groups in total. The van der Waals surface area contributed by atoms with E-state index in [0.29, 0.717) is 18.4 Å². The summed E-state index contributed by atoms with van der Waals surface area (Å²) in [7, 11) is 3.09. The van der Waals surface area contributed by atoms with Gasteiger partial charge in [0.05, 0.1) is 37.3 Å². The first-order valence-corrected chi connectivity index (χ1v) is 10.1. The molecular weight excluding hydrogens is 366 g/mol. The quantitative estimate of drug-likeness (QED) is 0.630. The number of nitriles is 1. The Labute approximate surface area is 170 Å². The van der Waals surface area contributed by atoms with Crippen LogP contribution in [0.4, 0.5) is 5.69 Å². The Bertz CT molecular complexity index is 1010. The molecule has 4 aliphatic rings. The molecule has 0 radical (unpaired) electrons. The minimum absolute atomic E-state index is 0.125. The first-order valence-electron chi connectivity index (χ1n) is 10.1. The van der Waals surface area contributed by atoms with Crippen LogP contribution in [0.5, 0.6) is 5.75 Å². The molecule has 5 rings (SSSR count). The maximum absolute atomic E-state index is 12.9. The van der Waals surface area contributed by atoms with Crippen LogP contribution in [0, 0.1) is 16.7 Å². The third-order valence-corrected chi connectivity index (χ3v) is 7.48. The molecule has 1 spiro atoms. The van der Waals surface area contributed by atoms with E-state index in [4.69, 9.17) is 9.47 Å². The second-order valence-electron chi connectivity index (χ2n) is 8.47. The zero-order chi connectivity index (χ0) is 20.4. The number of anilines is 1. The van der Waals surface area contributed by atoms with Crippen LogP contribution < -0.4 is 10.1 Å². The van der Waals surface area contributed by atoms with Gasteiger partial charge in [-0.05, 0) is 30.9 Å². The molecule has 0 amide bonds. The highest BCUT2D eigenvalue weighted by atomic mass is 16.5. The fourth-order valence-corrected chi connectivity index (χ4v) is 6.34. The molecular formula is C23H25N3O3. The van der Waals surface area contributed by atoms with Crippen molar-refractivity contribution in [3.05, 3.63) is 47.2 Å². The second-order valence-corrected chi connectivity index (χ2v) is 8.47. The van der Waals surface area contributed by atoms with Crippen LogP contribution in [0.2, 0.25) is 0 Å². The van der Waals surface area contributed by atoms with Gasteiger partial charge in [0.15, 0.2) is 0 Å². The lowest BCUT2D eigenvalue weighted by Gasteiger charge is -2.53. The number of ether oxygens (including phenoxy) is 2. The third kappa shape index (κ3) is 2.11. The van der Waals surface area contributed by atoms with E-state index in [1.165, 1.54) is 7.11 Å². The van der Waals surface area contributed by atoms with E-state index in [0.717, 1.165) is 35.7 Å². The SMILES string of the molecule is CC[C@]12C=CCN3[C@@H](C#N)C[C@]4(C(=C(C(=O)OC)C1)Nc1cc(OC)ccc14)[C@@H]32. The molecule has 1 aromatic rings. The van der Waals surface area contributed by atoms with Crippen LogP contribution in [0.25, 0.3) is 0 Å². The van der Waals surface area contributed by atoms with E-state index >= 15 is 0 Å². The summed E-state index contributed by atoms with van der Waals surface area (Å²) < 4.78 is 10.6. The number of hydrogen-bond acceptors (Lipinski definition) is 6. The maximum Gasteiger partial charge on any atom is 0.335 e. The van der Waals surface area contributed by atoms with Gasteiger partial charge in [-0.3, -0.25) is 4.90 Å². The van der Waals surface area contributed by atoms with Crippen molar-refractivity contribution in [1.82, 2.24) is 4.90 Å². The number of carbonyl (C=O) groups is 1. The van der Waals surface area contributed by atoms with Crippen molar-refractivity contribution in [3.8, 4) is 11.8 Å². The first-order chi connectivity index (χ1) is 14.0. The van der Waals surface area contributed by atoms with Crippen molar-refractivity contribution in [2.75, 3.05) is 26.1 Å². The summed E-state index contributed by atoms with van der Waals surface area (Å²) in [4.78, 5) is 15.2. The van der Waals surface area contributed by atoms with Crippen molar-refractivity contribution in [2.45, 2.75) is 43.7 Å². The predicted molar refractivity (Wildman–Crippen MR) is 108 cm³/mol. The normalized spacial score (nSPS) is 34.0. The monoisotopic (exact) mass is 391 g/mol. The molecule has 0 unspecified atom stereocenters. The van der Waals surface area contributed by atoms with E-state index in [-0.39, 0.29) is 23.5 Å². The Morgan fingerprint density at radius 3 is 2.93 bits per heavy atom. The fraction of sp³-hybridized carbons (Fsp3) is 0.478. The average Bonchev–Trinajstić information content (AvgIpc) is 3.28. The van der Waals surface area contributed by atoms with E-state index in [1.807, 2.05) is 12.1 Å². The maximum atomic E-state index is 12.9. The highest BCUT2D eigenvalue weighted by Crippen LogP contribution is 2.65.